The van der Waals surface area contributed by atoms with E-state index in [9.17, 15) is 33.5 Å². The number of carbonyl (C=O) groups is 1. The summed E-state index contributed by atoms with van der Waals surface area (Å²) in [5, 5.41) is 5.83. The Labute approximate surface area is 148 Å². The molecule has 0 unspecified atom stereocenters. The number of para-hydroxylation sites is 1. The number of carboxylic acid groups (broad SMARTS) is 1. The van der Waals surface area contributed by atoms with Gasteiger partial charge in [0.15, 0.2) is 0 Å². The molecule has 0 atom stereocenters. The number of ether oxygens (including phenoxy) is 1. The molecule has 0 aromatic heterocycles. The first-order chi connectivity index (χ1) is 12.0. The van der Waals surface area contributed by atoms with Crippen molar-refractivity contribution in [1.29, 1.82) is 0 Å². The van der Waals surface area contributed by atoms with E-state index in [1.807, 2.05) is 0 Å². The zero-order valence-electron chi connectivity index (χ0n) is 13.2. The lowest BCUT2D eigenvalue weighted by Crippen LogP contribution is -2.38. The van der Waals surface area contributed by atoms with Gasteiger partial charge in [0.25, 0.3) is 0 Å². The highest BCUT2D eigenvalue weighted by Gasteiger charge is 2.63. The van der Waals surface area contributed by atoms with Crippen LogP contribution in [0.5, 0.6) is 5.75 Å². The molecule has 9 nitrogen and oxygen atoms in total. The number of hydrogen-bond donors (Lipinski definition) is 5. The molecular formula is C15H16O9P2. The van der Waals surface area contributed by atoms with Crippen LogP contribution in [0.4, 0.5) is 0 Å². The Bertz CT molecular complexity index is 863. The fraction of sp³-hybridized carbons (Fsp3) is 0.133. The van der Waals surface area contributed by atoms with Crippen molar-refractivity contribution in [2.24, 2.45) is 0 Å². The van der Waals surface area contributed by atoms with E-state index < -0.39 is 32.7 Å². The Morgan fingerprint density at radius 3 is 2.00 bits per heavy atom. The molecule has 0 heterocycles. The van der Waals surface area contributed by atoms with Crippen molar-refractivity contribution in [3.05, 3.63) is 65.7 Å². The zero-order valence-corrected chi connectivity index (χ0v) is 15.0. The third kappa shape index (κ3) is 4.22. The minimum absolute atomic E-state index is 0.0209. The van der Waals surface area contributed by atoms with Crippen LogP contribution in [-0.2, 0) is 15.6 Å². The molecule has 0 aliphatic rings. The van der Waals surface area contributed by atoms with Crippen molar-refractivity contribution >= 4 is 21.2 Å². The van der Waals surface area contributed by atoms with Crippen molar-refractivity contribution in [2.45, 2.75) is 11.5 Å². The summed E-state index contributed by atoms with van der Waals surface area (Å²) >= 11 is 0. The lowest BCUT2D eigenvalue weighted by atomic mass is 10.1. The summed E-state index contributed by atoms with van der Waals surface area (Å²) in [6.07, 6.45) is -0.905. The van der Waals surface area contributed by atoms with E-state index >= 15 is 0 Å². The predicted molar refractivity (Wildman–Crippen MR) is 91.0 cm³/mol. The third-order valence-corrected chi connectivity index (χ3v) is 7.43. The molecule has 140 valence electrons. The van der Waals surface area contributed by atoms with E-state index in [1.54, 1.807) is 6.07 Å². The number of carboxylic acids is 1. The maximum atomic E-state index is 12.1. The van der Waals surface area contributed by atoms with Gasteiger partial charge in [-0.05, 0) is 29.8 Å². The smallest absolute Gasteiger partial charge is 0.381 e. The second-order valence-electron chi connectivity index (χ2n) is 5.43. The predicted octanol–water partition coefficient (Wildman–Crippen LogP) is 2.02. The molecule has 2 rings (SSSR count). The molecule has 0 aliphatic heterocycles. The van der Waals surface area contributed by atoms with Crippen LogP contribution in [0.15, 0.2) is 54.6 Å². The molecule has 2 aromatic rings. The monoisotopic (exact) mass is 402 g/mol. The topological polar surface area (TPSA) is 162 Å². The summed E-state index contributed by atoms with van der Waals surface area (Å²) in [4.78, 5) is 50.0. The molecule has 0 amide bonds. The first kappa shape index (κ1) is 20.3. The molecule has 26 heavy (non-hydrogen) atoms. The summed E-state index contributed by atoms with van der Waals surface area (Å²) in [5.74, 6) is -1.46. The Hall–Kier alpha value is -1.99. The van der Waals surface area contributed by atoms with Crippen molar-refractivity contribution in [1.82, 2.24) is 0 Å². The van der Waals surface area contributed by atoms with Gasteiger partial charge in [-0.2, -0.15) is 0 Å². The van der Waals surface area contributed by atoms with Crippen LogP contribution in [-0.4, -0.2) is 35.7 Å². The lowest BCUT2D eigenvalue weighted by Gasteiger charge is -2.35. The molecule has 0 fully saturated rings. The van der Waals surface area contributed by atoms with Gasteiger partial charge in [0, 0.05) is 6.42 Å². The van der Waals surface area contributed by atoms with Crippen LogP contribution in [0.25, 0.3) is 0 Å². The van der Waals surface area contributed by atoms with Gasteiger partial charge in [0.2, 0.25) is 0 Å². The number of aromatic carboxylic acids is 1. The molecule has 2 aromatic carbocycles. The van der Waals surface area contributed by atoms with E-state index in [1.165, 1.54) is 42.5 Å². The first-order valence-electron chi connectivity index (χ1n) is 7.14. The molecule has 0 spiro atoms. The minimum Gasteiger partial charge on any atom is -0.478 e. The fourth-order valence-corrected chi connectivity index (χ4v) is 4.87. The Morgan fingerprint density at radius 1 is 0.923 bits per heavy atom. The van der Waals surface area contributed by atoms with E-state index in [0.29, 0.717) is 0 Å². The molecule has 0 radical (unpaired) electrons. The van der Waals surface area contributed by atoms with Crippen LogP contribution >= 0.6 is 15.2 Å². The van der Waals surface area contributed by atoms with Gasteiger partial charge in [-0.25, -0.2) is 4.79 Å². The zero-order chi connectivity index (χ0) is 19.6. The molecule has 0 saturated heterocycles. The van der Waals surface area contributed by atoms with Crippen LogP contribution in [0.1, 0.15) is 15.9 Å². The van der Waals surface area contributed by atoms with E-state index in [-0.39, 0.29) is 16.9 Å². The van der Waals surface area contributed by atoms with Gasteiger partial charge < -0.3 is 29.4 Å². The first-order valence-corrected chi connectivity index (χ1v) is 10.4. The summed E-state index contributed by atoms with van der Waals surface area (Å²) in [5.41, 5.74) is -0.222. The lowest BCUT2D eigenvalue weighted by molar-refractivity contribution is 0.0696. The van der Waals surface area contributed by atoms with Gasteiger partial charge in [-0.1, -0.05) is 30.3 Å². The molecule has 11 heteroatoms. The summed E-state index contributed by atoms with van der Waals surface area (Å²) < 4.78 is 29.3. The third-order valence-electron chi connectivity index (χ3n) is 3.54. The van der Waals surface area contributed by atoms with Crippen LogP contribution in [0.3, 0.4) is 0 Å². The van der Waals surface area contributed by atoms with E-state index in [2.05, 4.69) is 0 Å². The van der Waals surface area contributed by atoms with Crippen LogP contribution < -0.4 is 4.74 Å². The van der Waals surface area contributed by atoms with Gasteiger partial charge in [0.05, 0.1) is 5.56 Å². The van der Waals surface area contributed by atoms with E-state index in [4.69, 9.17) is 9.84 Å². The van der Waals surface area contributed by atoms with Gasteiger partial charge in [0.1, 0.15) is 5.75 Å². The summed E-state index contributed by atoms with van der Waals surface area (Å²) in [6, 6.07) is 12.0. The van der Waals surface area contributed by atoms with Crippen LogP contribution in [0, 0.1) is 0 Å². The quantitative estimate of drug-likeness (QED) is 0.436. The molecule has 0 aliphatic carbocycles. The van der Waals surface area contributed by atoms with Crippen molar-refractivity contribution in [3.63, 3.8) is 0 Å². The average molecular weight is 402 g/mol. The van der Waals surface area contributed by atoms with Crippen molar-refractivity contribution in [3.8, 4) is 5.75 Å². The number of hydrogen-bond acceptors (Lipinski definition) is 4. The highest BCUT2D eigenvalue weighted by Crippen LogP contribution is 2.70. The number of rotatable bonds is 7. The van der Waals surface area contributed by atoms with Crippen molar-refractivity contribution < 1.29 is 43.3 Å². The number of benzene rings is 2. The highest BCUT2D eigenvalue weighted by atomic mass is 31.2. The normalized spacial score (nSPS) is 12.6. The average Bonchev–Trinajstić information content (AvgIpc) is 2.53. The molecule has 0 saturated carbocycles. The minimum atomic E-state index is -5.53. The van der Waals surface area contributed by atoms with Crippen LogP contribution in [0.2, 0.25) is 0 Å². The second-order valence-corrected chi connectivity index (χ2v) is 9.40. The molecule has 0 bridgehead atoms. The summed E-state index contributed by atoms with van der Waals surface area (Å²) in [6.45, 7) is 0. The van der Waals surface area contributed by atoms with Gasteiger partial charge in [-0.3, -0.25) is 9.13 Å². The second kappa shape index (κ2) is 7.32. The van der Waals surface area contributed by atoms with Gasteiger partial charge >= 0.3 is 26.2 Å². The Kier molecular flexibility index (Phi) is 5.73. The van der Waals surface area contributed by atoms with Gasteiger partial charge in [-0.15, -0.1) is 0 Å². The summed E-state index contributed by atoms with van der Waals surface area (Å²) in [7, 11) is -11.1. The standard InChI is InChI=1S/C15H16O9P2/c16-14(17)12-6-4-5-11(9-12)10-15(25(18,19)20,26(21,22)23)24-13-7-2-1-3-8-13/h1-9H,10H2,(H,16,17)(H2,18,19,20)(H2,21,22,23). The highest BCUT2D eigenvalue weighted by molar-refractivity contribution is 7.72. The largest absolute Gasteiger partial charge is 0.478 e. The molecular weight excluding hydrogens is 386 g/mol. The van der Waals surface area contributed by atoms with E-state index in [0.717, 1.165) is 6.07 Å². The maximum absolute atomic E-state index is 12.1. The fourth-order valence-electron chi connectivity index (χ4n) is 2.29. The maximum Gasteiger partial charge on any atom is 0.381 e. The Balaban J connectivity index is 2.60. The van der Waals surface area contributed by atoms with Crippen molar-refractivity contribution in [2.75, 3.05) is 0 Å². The SMILES string of the molecule is O=C(O)c1cccc(CC(Oc2ccccc2)(P(=O)(O)O)P(=O)(O)O)c1. The Morgan fingerprint density at radius 2 is 1.50 bits per heavy atom. The molecule has 5 N–H and O–H groups in total.